The van der Waals surface area contributed by atoms with E-state index in [0.29, 0.717) is 6.54 Å². The van der Waals surface area contributed by atoms with Gasteiger partial charge in [-0.2, -0.15) is 6.42 Å². The molecule has 76 valence electrons. The van der Waals surface area contributed by atoms with Gasteiger partial charge in [-0.05, 0) is 20.4 Å². The molecule has 4 N–H and O–H groups in total. The third-order valence-electron chi connectivity index (χ3n) is 0.204. The monoisotopic (exact) mass is 213 g/mol. The Bertz CT molecular complexity index is 29.0. The van der Waals surface area contributed by atoms with Gasteiger partial charge in [0.15, 0.2) is 0 Å². The molecular weight excluding hydrogens is 190 g/mol. The summed E-state index contributed by atoms with van der Waals surface area (Å²) in [7, 11) is 0. The zero-order valence-corrected chi connectivity index (χ0v) is 10.1. The number of rotatable bonds is 1. The standard InChI is InChI=1S/C3H8N.2C2H6O.CH3.Ti/c1-2-3-4;2*1-2-3;;/h1-4H2;2*3H,2H2,1H3;1H3;/q-1;;;-1;+2. The van der Waals surface area contributed by atoms with Crippen molar-refractivity contribution >= 4 is 0 Å². The first-order valence-corrected chi connectivity index (χ1v) is 3.45. The minimum Gasteiger partial charge on any atom is -0.397 e. The molecule has 0 rings (SSSR count). The van der Waals surface area contributed by atoms with Gasteiger partial charge in [0.2, 0.25) is 0 Å². The summed E-state index contributed by atoms with van der Waals surface area (Å²) >= 11 is 0. The smallest absolute Gasteiger partial charge is 0.397 e. The van der Waals surface area contributed by atoms with Crippen molar-refractivity contribution in [3.8, 4) is 0 Å². The van der Waals surface area contributed by atoms with Crippen LogP contribution in [0.15, 0.2) is 0 Å². The van der Waals surface area contributed by atoms with E-state index in [9.17, 15) is 0 Å². The van der Waals surface area contributed by atoms with Gasteiger partial charge in [0.05, 0.1) is 0 Å². The van der Waals surface area contributed by atoms with Crippen LogP contribution in [0, 0.1) is 14.4 Å². The van der Waals surface area contributed by atoms with Gasteiger partial charge in [-0.3, -0.25) is 0 Å². The molecule has 0 aromatic rings. The second-order valence-corrected chi connectivity index (χ2v) is 1.27. The van der Waals surface area contributed by atoms with Gasteiger partial charge in [0.1, 0.15) is 0 Å². The Kier molecular flexibility index (Phi) is 151. The normalized spacial score (nSPS) is 5.50. The molecule has 0 unspecified atom stereocenters. The third kappa shape index (κ3) is 384. The molecule has 0 aliphatic heterocycles. The Morgan fingerprint density at radius 3 is 1.25 bits per heavy atom. The molecule has 0 spiro atoms. The first kappa shape index (κ1) is 29.4. The molecule has 0 aromatic carbocycles. The van der Waals surface area contributed by atoms with Gasteiger partial charge < -0.3 is 30.3 Å². The fraction of sp³-hybridized carbons (Fsp3) is 0.750. The van der Waals surface area contributed by atoms with Crippen LogP contribution < -0.4 is 5.73 Å². The van der Waals surface area contributed by atoms with Gasteiger partial charge in [0, 0.05) is 13.2 Å². The van der Waals surface area contributed by atoms with Gasteiger partial charge in [-0.1, -0.05) is 0 Å². The van der Waals surface area contributed by atoms with Crippen LogP contribution in [0.4, 0.5) is 0 Å². The maximum absolute atomic E-state index is 7.57. The van der Waals surface area contributed by atoms with Crippen LogP contribution in [-0.2, 0) is 21.7 Å². The van der Waals surface area contributed by atoms with Crippen LogP contribution in [0.25, 0.3) is 0 Å². The first-order chi connectivity index (χ1) is 4.74. The summed E-state index contributed by atoms with van der Waals surface area (Å²) in [6.07, 6.45) is 0.847. The number of aliphatic hydroxyl groups excluding tert-OH is 2. The minimum atomic E-state index is 0. The molecule has 0 bridgehead atoms. The second-order valence-electron chi connectivity index (χ2n) is 1.27. The molecule has 0 heterocycles. The number of hydrogen-bond donors (Lipinski definition) is 3. The molecular formula is C8H23NO2Ti. The van der Waals surface area contributed by atoms with Crippen molar-refractivity contribution in [2.24, 2.45) is 5.73 Å². The van der Waals surface area contributed by atoms with Crippen molar-refractivity contribution in [1.82, 2.24) is 0 Å². The van der Waals surface area contributed by atoms with Crippen molar-refractivity contribution in [1.29, 1.82) is 0 Å². The Balaban J connectivity index is -0.0000000191. The first-order valence-electron chi connectivity index (χ1n) is 3.45. The summed E-state index contributed by atoms with van der Waals surface area (Å²) in [6, 6.07) is 0. The molecule has 0 aromatic heterocycles. The van der Waals surface area contributed by atoms with Crippen LogP contribution >= 0.6 is 0 Å². The third-order valence-corrected chi connectivity index (χ3v) is 0.204. The molecule has 0 aliphatic rings. The van der Waals surface area contributed by atoms with Crippen LogP contribution in [0.3, 0.4) is 0 Å². The Hall–Kier alpha value is 0.594. The number of nitrogens with two attached hydrogens (primary N) is 1. The molecule has 0 amide bonds. The van der Waals surface area contributed by atoms with Crippen molar-refractivity contribution in [3.63, 3.8) is 0 Å². The fourth-order valence-corrected chi connectivity index (χ4v) is 0. The quantitative estimate of drug-likeness (QED) is 0.441. The Labute approximate surface area is 92.2 Å². The van der Waals surface area contributed by atoms with Gasteiger partial charge >= 0.3 is 21.7 Å². The van der Waals surface area contributed by atoms with Crippen molar-refractivity contribution < 1.29 is 31.9 Å². The topological polar surface area (TPSA) is 66.5 Å². The molecule has 0 fully saturated rings. The molecule has 0 atom stereocenters. The van der Waals surface area contributed by atoms with E-state index in [2.05, 4.69) is 6.92 Å². The molecule has 0 radical (unpaired) electrons. The SMILES string of the molecule is CCO.CCO.[CH2-]CCN.[CH3-].[Ti+2]. The predicted molar refractivity (Wildman–Crippen MR) is 51.0 cm³/mol. The van der Waals surface area contributed by atoms with E-state index < -0.39 is 0 Å². The summed E-state index contributed by atoms with van der Waals surface area (Å²) in [5.41, 5.74) is 4.97. The van der Waals surface area contributed by atoms with E-state index in [-0.39, 0.29) is 42.4 Å². The summed E-state index contributed by atoms with van der Waals surface area (Å²) in [5.74, 6) is 0. The molecule has 3 nitrogen and oxygen atoms in total. The number of hydrogen-bond acceptors (Lipinski definition) is 3. The summed E-state index contributed by atoms with van der Waals surface area (Å²) in [5, 5.41) is 15.1. The Morgan fingerprint density at radius 2 is 1.25 bits per heavy atom. The van der Waals surface area contributed by atoms with E-state index in [1.807, 2.05) is 0 Å². The van der Waals surface area contributed by atoms with Gasteiger partial charge in [-0.25, -0.2) is 0 Å². The molecule has 0 saturated heterocycles. The largest absolute Gasteiger partial charge is 2.00 e. The van der Waals surface area contributed by atoms with Crippen LogP contribution in [0.5, 0.6) is 0 Å². The van der Waals surface area contributed by atoms with Crippen molar-refractivity contribution in [2.75, 3.05) is 19.8 Å². The molecule has 0 aliphatic carbocycles. The predicted octanol–water partition coefficient (Wildman–Crippen LogP) is 0.614. The average molecular weight is 213 g/mol. The number of aliphatic hydroxyl groups is 2. The summed E-state index contributed by atoms with van der Waals surface area (Å²) in [4.78, 5) is 0. The zero-order valence-electron chi connectivity index (χ0n) is 8.51. The van der Waals surface area contributed by atoms with Crippen LogP contribution in [0.1, 0.15) is 20.3 Å². The van der Waals surface area contributed by atoms with Crippen molar-refractivity contribution in [3.05, 3.63) is 14.4 Å². The molecule has 0 saturated carbocycles. The maximum Gasteiger partial charge on any atom is 2.00 e. The van der Waals surface area contributed by atoms with Crippen molar-refractivity contribution in [2.45, 2.75) is 20.3 Å². The van der Waals surface area contributed by atoms with Crippen LogP contribution in [0.2, 0.25) is 0 Å². The Morgan fingerprint density at radius 1 is 1.17 bits per heavy atom. The van der Waals surface area contributed by atoms with E-state index in [1.54, 1.807) is 13.8 Å². The van der Waals surface area contributed by atoms with Gasteiger partial charge in [0.25, 0.3) is 0 Å². The summed E-state index contributed by atoms with van der Waals surface area (Å²) < 4.78 is 0. The summed E-state index contributed by atoms with van der Waals surface area (Å²) in [6.45, 7) is 8.05. The second kappa shape index (κ2) is 61.7. The fourth-order valence-electron chi connectivity index (χ4n) is 0. The van der Waals surface area contributed by atoms with E-state index in [0.717, 1.165) is 6.42 Å². The van der Waals surface area contributed by atoms with E-state index >= 15 is 0 Å². The molecule has 12 heavy (non-hydrogen) atoms. The van der Waals surface area contributed by atoms with E-state index in [1.165, 1.54) is 0 Å². The molecule has 4 heteroatoms. The van der Waals surface area contributed by atoms with Crippen LogP contribution in [-0.4, -0.2) is 30.0 Å². The van der Waals surface area contributed by atoms with E-state index in [4.69, 9.17) is 15.9 Å². The zero-order chi connectivity index (χ0) is 8.83. The van der Waals surface area contributed by atoms with Gasteiger partial charge in [-0.15, -0.1) is 0 Å². The average Bonchev–Trinajstić information content (AvgIpc) is 1.91. The maximum atomic E-state index is 7.57. The minimum absolute atomic E-state index is 0.